The van der Waals surface area contributed by atoms with Gasteiger partial charge >= 0.3 is 0 Å². The summed E-state index contributed by atoms with van der Waals surface area (Å²) >= 11 is 0. The van der Waals surface area contributed by atoms with Crippen molar-refractivity contribution in [2.45, 2.75) is 0 Å². The highest BCUT2D eigenvalue weighted by atomic mass is 16.3. The molecule has 3 heterocycles. The van der Waals surface area contributed by atoms with Crippen molar-refractivity contribution in [2.24, 2.45) is 0 Å². The average Bonchev–Trinajstić information content (AvgIpc) is 3.90. The van der Waals surface area contributed by atoms with Gasteiger partial charge in [0.15, 0.2) is 17.5 Å². The highest BCUT2D eigenvalue weighted by molar-refractivity contribution is 6.13. The molecule has 0 spiro atoms. The molecule has 0 bridgehead atoms. The predicted molar refractivity (Wildman–Crippen MR) is 254 cm³/mol. The van der Waals surface area contributed by atoms with Crippen LogP contribution >= 0.6 is 0 Å². The van der Waals surface area contributed by atoms with Gasteiger partial charge in [0.25, 0.3) is 0 Å². The lowest BCUT2D eigenvalue weighted by atomic mass is 9.92. The molecule has 12 rings (SSSR count). The van der Waals surface area contributed by atoms with Gasteiger partial charge in [-0.3, -0.25) is 0 Å². The standard InChI is InChI=1S/C57H36N4O/c1-4-15-39(16-5-1)55-58-56(40-17-6-2-7-18-40)60-57(59-55)47-24-14-26-53-54(47)49-35-41(32-34-52(49)62-53)37-27-29-38(30-28-37)44-21-10-11-22-45(44)42-31-33-51-48(36-42)46-23-12-13-25-50(46)61(51)43-19-8-3-9-20-43/h1-36H. The number of benzene rings is 9. The molecule has 0 aliphatic heterocycles. The van der Waals surface area contributed by atoms with Crippen LogP contribution in [0.25, 0.3) is 117 Å². The van der Waals surface area contributed by atoms with Crippen LogP contribution in [0.15, 0.2) is 223 Å². The molecule has 9 aromatic carbocycles. The van der Waals surface area contributed by atoms with E-state index in [0.29, 0.717) is 17.5 Å². The zero-order valence-corrected chi connectivity index (χ0v) is 33.5. The van der Waals surface area contributed by atoms with Gasteiger partial charge in [-0.2, -0.15) is 0 Å². The Morgan fingerprint density at radius 2 is 0.839 bits per heavy atom. The number of furan rings is 1. The van der Waals surface area contributed by atoms with E-state index in [2.05, 4.69) is 150 Å². The molecular formula is C57H36N4O. The summed E-state index contributed by atoms with van der Waals surface area (Å²) in [6.07, 6.45) is 0. The second-order valence-electron chi connectivity index (χ2n) is 15.6. The third kappa shape index (κ3) is 6.06. The molecule has 0 aliphatic carbocycles. The lowest BCUT2D eigenvalue weighted by Crippen LogP contribution is -2.00. The number of nitrogens with zero attached hydrogens (tertiary/aromatic N) is 4. The summed E-state index contributed by atoms with van der Waals surface area (Å²) < 4.78 is 8.83. The van der Waals surface area contributed by atoms with Crippen LogP contribution < -0.4 is 0 Å². The van der Waals surface area contributed by atoms with E-state index < -0.39 is 0 Å². The molecule has 0 fully saturated rings. The highest BCUT2D eigenvalue weighted by Gasteiger charge is 2.19. The van der Waals surface area contributed by atoms with Gasteiger partial charge < -0.3 is 8.98 Å². The number of hydrogen-bond acceptors (Lipinski definition) is 4. The van der Waals surface area contributed by atoms with Crippen LogP contribution in [0, 0.1) is 0 Å². The zero-order valence-electron chi connectivity index (χ0n) is 33.5. The minimum atomic E-state index is 0.598. The quantitative estimate of drug-likeness (QED) is 0.161. The zero-order chi connectivity index (χ0) is 41.0. The van der Waals surface area contributed by atoms with E-state index >= 15 is 0 Å². The maximum absolute atomic E-state index is 6.47. The molecule has 290 valence electrons. The highest BCUT2D eigenvalue weighted by Crippen LogP contribution is 2.41. The number of fused-ring (bicyclic) bond motifs is 6. The van der Waals surface area contributed by atoms with Gasteiger partial charge in [-0.05, 0) is 81.9 Å². The van der Waals surface area contributed by atoms with Crippen LogP contribution in [-0.4, -0.2) is 19.5 Å². The lowest BCUT2D eigenvalue weighted by Gasteiger charge is -2.12. The van der Waals surface area contributed by atoms with Crippen LogP contribution in [0.4, 0.5) is 0 Å². The Morgan fingerprint density at radius 3 is 1.56 bits per heavy atom. The van der Waals surface area contributed by atoms with E-state index in [0.717, 1.165) is 61.0 Å². The first kappa shape index (κ1) is 35.5. The van der Waals surface area contributed by atoms with Crippen molar-refractivity contribution in [3.05, 3.63) is 218 Å². The monoisotopic (exact) mass is 792 g/mol. The fourth-order valence-corrected chi connectivity index (χ4v) is 8.95. The molecular weight excluding hydrogens is 757 g/mol. The van der Waals surface area contributed by atoms with Gasteiger partial charge in [0, 0.05) is 43.9 Å². The smallest absolute Gasteiger partial charge is 0.164 e. The van der Waals surface area contributed by atoms with E-state index in [9.17, 15) is 0 Å². The van der Waals surface area contributed by atoms with Crippen molar-refractivity contribution >= 4 is 43.7 Å². The van der Waals surface area contributed by atoms with Gasteiger partial charge in [-0.1, -0.05) is 170 Å². The van der Waals surface area contributed by atoms with Crippen LogP contribution in [0.5, 0.6) is 0 Å². The number of hydrogen-bond donors (Lipinski definition) is 0. The lowest BCUT2D eigenvalue weighted by molar-refractivity contribution is 0.669. The fraction of sp³-hybridized carbons (Fsp3) is 0. The Balaban J connectivity index is 0.928. The maximum Gasteiger partial charge on any atom is 0.164 e. The van der Waals surface area contributed by atoms with E-state index in [-0.39, 0.29) is 0 Å². The predicted octanol–water partition coefficient (Wildman–Crippen LogP) is 14.9. The van der Waals surface area contributed by atoms with Crippen molar-refractivity contribution in [1.82, 2.24) is 19.5 Å². The average molecular weight is 793 g/mol. The molecule has 12 aromatic rings. The summed E-state index contributed by atoms with van der Waals surface area (Å²) in [7, 11) is 0. The maximum atomic E-state index is 6.47. The second kappa shape index (κ2) is 14.7. The van der Waals surface area contributed by atoms with Crippen molar-refractivity contribution in [3.63, 3.8) is 0 Å². The molecule has 0 unspecified atom stereocenters. The number of rotatable bonds is 7. The molecule has 0 N–H and O–H groups in total. The summed E-state index contributed by atoms with van der Waals surface area (Å²) in [5, 5.41) is 4.46. The van der Waals surface area contributed by atoms with E-state index in [1.54, 1.807) is 0 Å². The van der Waals surface area contributed by atoms with Crippen LogP contribution in [0.2, 0.25) is 0 Å². The van der Waals surface area contributed by atoms with Crippen LogP contribution in [-0.2, 0) is 0 Å². The molecule has 0 aliphatic rings. The second-order valence-corrected chi connectivity index (χ2v) is 15.6. The molecule has 0 saturated heterocycles. The summed E-state index contributed by atoms with van der Waals surface area (Å²) in [6.45, 7) is 0. The number of aromatic nitrogens is 4. The van der Waals surface area contributed by atoms with Gasteiger partial charge in [0.2, 0.25) is 0 Å². The van der Waals surface area contributed by atoms with Crippen molar-refractivity contribution in [1.29, 1.82) is 0 Å². The van der Waals surface area contributed by atoms with Gasteiger partial charge in [0.1, 0.15) is 11.2 Å². The normalized spacial score (nSPS) is 11.5. The minimum absolute atomic E-state index is 0.598. The summed E-state index contributed by atoms with van der Waals surface area (Å²) in [5.74, 6) is 1.84. The SMILES string of the molecule is c1ccc(-c2nc(-c3ccccc3)nc(-c3cccc4oc5ccc(-c6ccc(-c7ccccc7-c7ccc8c(c7)c7ccccc7n8-c7ccccc7)cc6)cc5c34)n2)cc1. The van der Waals surface area contributed by atoms with Crippen molar-refractivity contribution < 1.29 is 4.42 Å². The number of para-hydroxylation sites is 2. The minimum Gasteiger partial charge on any atom is -0.456 e. The third-order valence-corrected chi connectivity index (χ3v) is 11.9. The Bertz CT molecular complexity index is 3550. The van der Waals surface area contributed by atoms with Gasteiger partial charge in [-0.25, -0.2) is 15.0 Å². The summed E-state index contributed by atoms with van der Waals surface area (Å²) in [5.41, 5.74) is 14.8. The largest absolute Gasteiger partial charge is 0.456 e. The molecule has 0 radical (unpaired) electrons. The van der Waals surface area contributed by atoms with E-state index in [1.165, 1.54) is 38.5 Å². The first-order valence-electron chi connectivity index (χ1n) is 20.8. The van der Waals surface area contributed by atoms with Crippen LogP contribution in [0.3, 0.4) is 0 Å². The molecule has 5 nitrogen and oxygen atoms in total. The Hall–Kier alpha value is -8.41. The molecule has 62 heavy (non-hydrogen) atoms. The molecule has 0 amide bonds. The molecule has 5 heteroatoms. The van der Waals surface area contributed by atoms with Gasteiger partial charge in [-0.15, -0.1) is 0 Å². The molecule has 0 saturated carbocycles. The Kier molecular flexibility index (Phi) is 8.42. The van der Waals surface area contributed by atoms with Crippen LogP contribution in [0.1, 0.15) is 0 Å². The third-order valence-electron chi connectivity index (χ3n) is 11.9. The van der Waals surface area contributed by atoms with E-state index in [4.69, 9.17) is 19.4 Å². The molecule has 3 aromatic heterocycles. The topological polar surface area (TPSA) is 56.7 Å². The Morgan fingerprint density at radius 1 is 0.306 bits per heavy atom. The molecule has 0 atom stereocenters. The summed E-state index contributed by atoms with van der Waals surface area (Å²) in [4.78, 5) is 15.0. The first-order chi connectivity index (χ1) is 30.7. The van der Waals surface area contributed by atoms with Gasteiger partial charge in [0.05, 0.1) is 11.0 Å². The van der Waals surface area contributed by atoms with E-state index in [1.807, 2.05) is 72.8 Å². The fourth-order valence-electron chi connectivity index (χ4n) is 8.95. The van der Waals surface area contributed by atoms with Crippen molar-refractivity contribution in [3.8, 4) is 73.2 Å². The summed E-state index contributed by atoms with van der Waals surface area (Å²) in [6, 6.07) is 76.5. The first-order valence-corrected chi connectivity index (χ1v) is 20.8. The van der Waals surface area contributed by atoms with Crippen molar-refractivity contribution in [2.75, 3.05) is 0 Å². The Labute approximate surface area is 357 Å².